The zero-order valence-corrected chi connectivity index (χ0v) is 7.89. The molecule has 3 nitrogen and oxygen atoms in total. The molecule has 0 fully saturated rings. The second kappa shape index (κ2) is 4.70. The van der Waals surface area contributed by atoms with Crippen LogP contribution in [0.15, 0.2) is 0 Å². The highest BCUT2D eigenvalue weighted by molar-refractivity contribution is 4.64. The van der Waals surface area contributed by atoms with Gasteiger partial charge in [0.05, 0.1) is 24.9 Å². The Bertz CT molecular complexity index is 98.8. The molecular weight excluding hydrogens is 142 g/mol. The maximum absolute atomic E-state index is 5.64. The van der Waals surface area contributed by atoms with Gasteiger partial charge < -0.3 is 15.2 Å². The van der Waals surface area contributed by atoms with E-state index in [4.69, 9.17) is 15.2 Å². The van der Waals surface area contributed by atoms with Crippen molar-refractivity contribution in [3.05, 3.63) is 0 Å². The van der Waals surface area contributed by atoms with Crippen molar-refractivity contribution in [3.63, 3.8) is 0 Å². The number of methoxy groups -OCH3 is 1. The van der Waals surface area contributed by atoms with Gasteiger partial charge in [0.25, 0.3) is 0 Å². The second-order valence-corrected chi connectivity index (χ2v) is 3.64. The van der Waals surface area contributed by atoms with Gasteiger partial charge in [-0.05, 0) is 20.8 Å². The average Bonchev–Trinajstić information content (AvgIpc) is 1.83. The van der Waals surface area contributed by atoms with E-state index < -0.39 is 0 Å². The van der Waals surface area contributed by atoms with E-state index in [1.807, 2.05) is 20.8 Å². The number of hydrogen-bond acceptors (Lipinski definition) is 3. The van der Waals surface area contributed by atoms with E-state index in [-0.39, 0.29) is 11.6 Å². The molecule has 0 aromatic rings. The molecular formula is C8H19NO2. The lowest BCUT2D eigenvalue weighted by molar-refractivity contribution is -0.0187. The first kappa shape index (κ1) is 10.9. The van der Waals surface area contributed by atoms with Gasteiger partial charge in [-0.25, -0.2) is 0 Å². The highest BCUT2D eigenvalue weighted by Crippen LogP contribution is 2.06. The zero-order valence-electron chi connectivity index (χ0n) is 7.89. The highest BCUT2D eigenvalue weighted by atomic mass is 16.5. The number of hydrogen-bond donors (Lipinski definition) is 1. The smallest absolute Gasteiger partial charge is 0.0647 e. The molecule has 68 valence electrons. The van der Waals surface area contributed by atoms with Crippen molar-refractivity contribution in [2.45, 2.75) is 32.4 Å². The molecule has 0 aromatic carbocycles. The van der Waals surface area contributed by atoms with Crippen molar-refractivity contribution in [2.75, 3.05) is 20.3 Å². The minimum atomic E-state index is -0.106. The van der Waals surface area contributed by atoms with Gasteiger partial charge in [-0.1, -0.05) is 0 Å². The fourth-order valence-electron chi connectivity index (χ4n) is 0.619. The summed E-state index contributed by atoms with van der Waals surface area (Å²) in [5.74, 6) is 0. The van der Waals surface area contributed by atoms with E-state index in [1.54, 1.807) is 7.11 Å². The van der Waals surface area contributed by atoms with Crippen molar-refractivity contribution in [2.24, 2.45) is 5.73 Å². The molecule has 0 aliphatic rings. The summed E-state index contributed by atoms with van der Waals surface area (Å²) in [4.78, 5) is 0. The first-order chi connectivity index (χ1) is 4.95. The fraction of sp³-hybridized carbons (Fsp3) is 1.00. The molecule has 0 aromatic heterocycles. The molecule has 1 unspecified atom stereocenters. The largest absolute Gasteiger partial charge is 0.383 e. The monoisotopic (exact) mass is 161 g/mol. The normalized spacial score (nSPS) is 15.0. The lowest BCUT2D eigenvalue weighted by atomic mass is 10.2. The SMILES string of the molecule is COCC(N)COC(C)(C)C. The van der Waals surface area contributed by atoms with Crippen LogP contribution in [-0.2, 0) is 9.47 Å². The lowest BCUT2D eigenvalue weighted by Crippen LogP contribution is -2.35. The molecule has 0 aliphatic heterocycles. The Morgan fingerprint density at radius 3 is 2.18 bits per heavy atom. The van der Waals surface area contributed by atoms with Gasteiger partial charge in [-0.3, -0.25) is 0 Å². The predicted molar refractivity (Wildman–Crippen MR) is 45.6 cm³/mol. The first-order valence-electron chi connectivity index (χ1n) is 3.84. The third-order valence-corrected chi connectivity index (χ3v) is 1.11. The lowest BCUT2D eigenvalue weighted by Gasteiger charge is -2.21. The number of rotatable bonds is 4. The Hall–Kier alpha value is -0.120. The molecule has 0 saturated carbocycles. The fourth-order valence-corrected chi connectivity index (χ4v) is 0.619. The summed E-state index contributed by atoms with van der Waals surface area (Å²) >= 11 is 0. The molecule has 0 bridgehead atoms. The van der Waals surface area contributed by atoms with Crippen molar-refractivity contribution >= 4 is 0 Å². The van der Waals surface area contributed by atoms with Gasteiger partial charge in [0.1, 0.15) is 0 Å². The predicted octanol–water partition coefficient (Wildman–Crippen LogP) is 0.775. The van der Waals surface area contributed by atoms with Gasteiger partial charge in [-0.15, -0.1) is 0 Å². The Morgan fingerprint density at radius 2 is 1.82 bits per heavy atom. The highest BCUT2D eigenvalue weighted by Gasteiger charge is 2.12. The van der Waals surface area contributed by atoms with Crippen molar-refractivity contribution in [3.8, 4) is 0 Å². The topological polar surface area (TPSA) is 44.5 Å². The summed E-state index contributed by atoms with van der Waals surface area (Å²) in [6.45, 7) is 7.12. The quantitative estimate of drug-likeness (QED) is 0.662. The van der Waals surface area contributed by atoms with Gasteiger partial charge in [0.2, 0.25) is 0 Å². The first-order valence-corrected chi connectivity index (χ1v) is 3.84. The summed E-state index contributed by atoms with van der Waals surface area (Å²) < 4.78 is 10.3. The van der Waals surface area contributed by atoms with Crippen LogP contribution >= 0.6 is 0 Å². The summed E-state index contributed by atoms with van der Waals surface area (Å²) in [6, 6.07) is -0.0146. The Balaban J connectivity index is 3.38. The maximum Gasteiger partial charge on any atom is 0.0647 e. The van der Waals surface area contributed by atoms with Crippen LogP contribution in [0.2, 0.25) is 0 Å². The molecule has 0 rings (SSSR count). The Kier molecular flexibility index (Phi) is 4.65. The third-order valence-electron chi connectivity index (χ3n) is 1.11. The van der Waals surface area contributed by atoms with Crippen LogP contribution in [0.4, 0.5) is 0 Å². The van der Waals surface area contributed by atoms with Crippen molar-refractivity contribution in [1.82, 2.24) is 0 Å². The molecule has 11 heavy (non-hydrogen) atoms. The molecule has 0 spiro atoms. The van der Waals surface area contributed by atoms with Crippen molar-refractivity contribution < 1.29 is 9.47 Å². The Labute approximate surface area is 68.9 Å². The summed E-state index contributed by atoms with van der Waals surface area (Å²) in [6.07, 6.45) is 0. The third kappa shape index (κ3) is 7.78. The van der Waals surface area contributed by atoms with Gasteiger partial charge >= 0.3 is 0 Å². The molecule has 0 aliphatic carbocycles. The van der Waals surface area contributed by atoms with E-state index in [9.17, 15) is 0 Å². The van der Waals surface area contributed by atoms with Crippen LogP contribution in [0.3, 0.4) is 0 Å². The van der Waals surface area contributed by atoms with Crippen LogP contribution in [-0.4, -0.2) is 32.0 Å². The van der Waals surface area contributed by atoms with E-state index in [0.717, 1.165) is 0 Å². The number of ether oxygens (including phenoxy) is 2. The minimum Gasteiger partial charge on any atom is -0.383 e. The van der Waals surface area contributed by atoms with E-state index in [0.29, 0.717) is 13.2 Å². The van der Waals surface area contributed by atoms with Gasteiger partial charge in [0.15, 0.2) is 0 Å². The average molecular weight is 161 g/mol. The molecule has 0 heterocycles. The van der Waals surface area contributed by atoms with Crippen LogP contribution in [0.25, 0.3) is 0 Å². The molecule has 2 N–H and O–H groups in total. The summed E-state index contributed by atoms with van der Waals surface area (Å²) in [5, 5.41) is 0. The summed E-state index contributed by atoms with van der Waals surface area (Å²) in [7, 11) is 1.64. The molecule has 0 saturated heterocycles. The van der Waals surface area contributed by atoms with Crippen LogP contribution in [0.1, 0.15) is 20.8 Å². The molecule has 0 amide bonds. The second-order valence-electron chi connectivity index (χ2n) is 3.64. The van der Waals surface area contributed by atoms with Crippen LogP contribution in [0, 0.1) is 0 Å². The molecule has 0 radical (unpaired) electrons. The van der Waals surface area contributed by atoms with Crippen LogP contribution < -0.4 is 5.73 Å². The van der Waals surface area contributed by atoms with Crippen molar-refractivity contribution in [1.29, 1.82) is 0 Å². The van der Waals surface area contributed by atoms with E-state index >= 15 is 0 Å². The standard InChI is InChI=1S/C8H19NO2/c1-8(2,3)11-6-7(9)5-10-4/h7H,5-6,9H2,1-4H3. The van der Waals surface area contributed by atoms with E-state index in [1.165, 1.54) is 0 Å². The number of nitrogens with two attached hydrogens (primary N) is 1. The van der Waals surface area contributed by atoms with Crippen LogP contribution in [0.5, 0.6) is 0 Å². The Morgan fingerprint density at radius 1 is 1.27 bits per heavy atom. The maximum atomic E-state index is 5.64. The summed E-state index contributed by atoms with van der Waals surface area (Å²) in [5.41, 5.74) is 5.54. The van der Waals surface area contributed by atoms with E-state index in [2.05, 4.69) is 0 Å². The molecule has 1 atom stereocenters. The van der Waals surface area contributed by atoms with Gasteiger partial charge in [-0.2, -0.15) is 0 Å². The molecule has 3 heteroatoms. The zero-order chi connectivity index (χ0) is 8.91. The van der Waals surface area contributed by atoms with Gasteiger partial charge in [0, 0.05) is 7.11 Å². The minimum absolute atomic E-state index is 0.0146.